The summed E-state index contributed by atoms with van der Waals surface area (Å²) in [5.41, 5.74) is 3.15. The van der Waals surface area contributed by atoms with Gasteiger partial charge < -0.3 is 19.5 Å². The van der Waals surface area contributed by atoms with Crippen LogP contribution >= 0.6 is 11.3 Å². The van der Waals surface area contributed by atoms with Gasteiger partial charge in [0.1, 0.15) is 11.8 Å². The fourth-order valence-electron chi connectivity index (χ4n) is 4.99. The van der Waals surface area contributed by atoms with Crippen LogP contribution in [0, 0.1) is 0 Å². The molecule has 0 unspecified atom stereocenters. The number of nitrogens with zero attached hydrogens (tertiary/aromatic N) is 2. The van der Waals surface area contributed by atoms with Gasteiger partial charge >= 0.3 is 5.97 Å². The Labute approximate surface area is 275 Å². The molecule has 0 aliphatic heterocycles. The number of benzene rings is 4. The number of ether oxygens (including phenoxy) is 1. The van der Waals surface area contributed by atoms with E-state index in [1.165, 1.54) is 28.3 Å². The maximum Gasteiger partial charge on any atom is 0.359 e. The van der Waals surface area contributed by atoms with Crippen LogP contribution in [0.25, 0.3) is 0 Å². The highest BCUT2D eigenvalue weighted by molar-refractivity contribution is 7.13. The zero-order valence-corrected chi connectivity index (χ0v) is 25.9. The van der Waals surface area contributed by atoms with Crippen LogP contribution in [0.1, 0.15) is 45.0 Å². The van der Waals surface area contributed by atoms with E-state index in [-0.39, 0.29) is 18.1 Å². The number of rotatable bonds is 13. The van der Waals surface area contributed by atoms with Gasteiger partial charge in [0, 0.05) is 6.07 Å². The van der Waals surface area contributed by atoms with E-state index in [1.807, 2.05) is 121 Å². The third-order valence-electron chi connectivity index (χ3n) is 7.26. The lowest BCUT2D eigenvalue weighted by Gasteiger charge is -2.25. The Hall–Kier alpha value is -5.93. The minimum Gasteiger partial charge on any atom is -0.476 e. The number of oxime groups is 1. The minimum atomic E-state index is -1.23. The summed E-state index contributed by atoms with van der Waals surface area (Å²) in [6.45, 7) is -0.255. The fraction of sp³-hybridized carbons (Fsp3) is 0.0789. The van der Waals surface area contributed by atoms with Gasteiger partial charge in [-0.1, -0.05) is 133 Å². The topological polar surface area (TPSA) is 99.4 Å². The lowest BCUT2D eigenvalue weighted by Crippen LogP contribution is -2.26. The molecule has 0 saturated heterocycles. The standard InChI is InChI=1S/C38H30N2O6S/c41-32-24-31(26-44-39-35(38(42)43)34-22-13-23-47-34)40(46-37(29-18-9-3-10-19-29)30-20-11-4-12-21-30)25-33(32)45-36(27-14-5-1-6-15-27)28-16-7-2-8-17-28/h1-25,36-37H,26H2,(H,42,43). The molecular formula is C38H30N2O6S. The van der Waals surface area contributed by atoms with Crippen molar-refractivity contribution in [1.29, 1.82) is 0 Å². The van der Waals surface area contributed by atoms with Crippen molar-refractivity contribution in [3.8, 4) is 5.75 Å². The molecule has 234 valence electrons. The summed E-state index contributed by atoms with van der Waals surface area (Å²) in [4.78, 5) is 38.2. The lowest BCUT2D eigenvalue weighted by atomic mass is 10.0. The molecule has 2 aromatic heterocycles. The van der Waals surface area contributed by atoms with Gasteiger partial charge in [-0.05, 0) is 33.7 Å². The van der Waals surface area contributed by atoms with Crippen LogP contribution in [-0.2, 0) is 16.2 Å². The monoisotopic (exact) mass is 642 g/mol. The zero-order valence-electron chi connectivity index (χ0n) is 25.1. The highest BCUT2D eigenvalue weighted by atomic mass is 32.1. The maximum atomic E-state index is 13.6. The van der Waals surface area contributed by atoms with Gasteiger partial charge in [-0.3, -0.25) is 4.79 Å². The average molecular weight is 643 g/mol. The first-order valence-electron chi connectivity index (χ1n) is 14.8. The summed E-state index contributed by atoms with van der Waals surface area (Å²) < 4.78 is 7.91. The van der Waals surface area contributed by atoms with Crippen LogP contribution < -0.4 is 15.0 Å². The predicted molar refractivity (Wildman–Crippen MR) is 181 cm³/mol. The van der Waals surface area contributed by atoms with Crippen molar-refractivity contribution >= 4 is 23.0 Å². The fourth-order valence-corrected chi connectivity index (χ4v) is 5.69. The normalized spacial score (nSPS) is 11.4. The Bertz CT molecular complexity index is 1900. The van der Waals surface area contributed by atoms with E-state index in [0.29, 0.717) is 10.6 Å². The molecule has 0 aliphatic carbocycles. The van der Waals surface area contributed by atoms with E-state index in [1.54, 1.807) is 17.5 Å². The van der Waals surface area contributed by atoms with Gasteiger partial charge in [0.2, 0.25) is 11.1 Å². The Morgan fingerprint density at radius 1 is 0.723 bits per heavy atom. The van der Waals surface area contributed by atoms with Gasteiger partial charge in [-0.15, -0.1) is 11.3 Å². The van der Waals surface area contributed by atoms with Crippen molar-refractivity contribution in [3.63, 3.8) is 0 Å². The zero-order chi connectivity index (χ0) is 32.4. The van der Waals surface area contributed by atoms with E-state index < -0.39 is 23.6 Å². The number of aliphatic carboxylic acids is 1. The molecule has 0 radical (unpaired) electrons. The molecule has 47 heavy (non-hydrogen) atoms. The molecule has 0 spiro atoms. The molecule has 0 fully saturated rings. The van der Waals surface area contributed by atoms with Crippen LogP contribution in [0.3, 0.4) is 0 Å². The van der Waals surface area contributed by atoms with E-state index in [0.717, 1.165) is 22.3 Å². The first kappa shape index (κ1) is 31.1. The first-order chi connectivity index (χ1) is 23.1. The molecule has 8 nitrogen and oxygen atoms in total. The number of hydrogen-bond donors (Lipinski definition) is 1. The summed E-state index contributed by atoms with van der Waals surface area (Å²) >= 11 is 1.23. The molecule has 0 aliphatic rings. The van der Waals surface area contributed by atoms with E-state index in [4.69, 9.17) is 14.4 Å². The molecular weight excluding hydrogens is 612 g/mol. The van der Waals surface area contributed by atoms with Crippen molar-refractivity contribution < 1.29 is 24.3 Å². The smallest absolute Gasteiger partial charge is 0.359 e. The van der Waals surface area contributed by atoms with Gasteiger partial charge in [-0.2, -0.15) is 4.73 Å². The summed E-state index contributed by atoms with van der Waals surface area (Å²) in [6, 6.07) is 43.4. The first-order valence-corrected chi connectivity index (χ1v) is 15.7. The van der Waals surface area contributed by atoms with Crippen LogP contribution in [0.15, 0.2) is 161 Å². The Kier molecular flexibility index (Phi) is 9.85. The average Bonchev–Trinajstić information content (AvgIpc) is 3.65. The van der Waals surface area contributed by atoms with Crippen molar-refractivity contribution in [1.82, 2.24) is 4.73 Å². The lowest BCUT2D eigenvalue weighted by molar-refractivity contribution is -0.129. The maximum absolute atomic E-state index is 13.6. The molecule has 0 amide bonds. The third kappa shape index (κ3) is 7.66. The number of carbonyl (C=O) groups is 1. The second-order valence-electron chi connectivity index (χ2n) is 10.4. The third-order valence-corrected chi connectivity index (χ3v) is 8.13. The van der Waals surface area contributed by atoms with Crippen molar-refractivity contribution in [2.75, 3.05) is 0 Å². The second-order valence-corrected chi connectivity index (χ2v) is 11.4. The van der Waals surface area contributed by atoms with Gasteiger partial charge in [-0.25, -0.2) is 4.79 Å². The number of pyridine rings is 1. The van der Waals surface area contributed by atoms with E-state index in [9.17, 15) is 14.7 Å². The molecule has 0 saturated carbocycles. The molecule has 0 atom stereocenters. The molecule has 2 heterocycles. The van der Waals surface area contributed by atoms with Crippen molar-refractivity contribution in [2.45, 2.75) is 18.8 Å². The number of thiophene rings is 1. The Balaban J connectivity index is 1.41. The molecule has 4 aromatic carbocycles. The molecule has 1 N–H and O–H groups in total. The largest absolute Gasteiger partial charge is 0.476 e. The van der Waals surface area contributed by atoms with Crippen LogP contribution in [0.2, 0.25) is 0 Å². The highest BCUT2D eigenvalue weighted by Crippen LogP contribution is 2.29. The summed E-state index contributed by atoms with van der Waals surface area (Å²) in [7, 11) is 0. The molecule has 6 rings (SSSR count). The number of hydrogen-bond acceptors (Lipinski definition) is 7. The number of carboxylic acids is 1. The van der Waals surface area contributed by atoms with Crippen LogP contribution in [-0.4, -0.2) is 21.5 Å². The van der Waals surface area contributed by atoms with Crippen molar-refractivity contribution in [3.05, 3.63) is 194 Å². The predicted octanol–water partition coefficient (Wildman–Crippen LogP) is 7.30. The highest BCUT2D eigenvalue weighted by Gasteiger charge is 2.22. The minimum absolute atomic E-state index is 0.0552. The van der Waals surface area contributed by atoms with Crippen LogP contribution in [0.4, 0.5) is 0 Å². The van der Waals surface area contributed by atoms with Gasteiger partial charge in [0.25, 0.3) is 0 Å². The SMILES string of the molecule is O=C(O)C(=NOCc1cc(=O)c(OC(c2ccccc2)c2ccccc2)cn1OC(c1ccccc1)c1ccccc1)c1cccs1. The Morgan fingerprint density at radius 3 is 1.70 bits per heavy atom. The molecule has 9 heteroatoms. The number of carboxylic acid groups (broad SMARTS) is 1. The van der Waals surface area contributed by atoms with Crippen LogP contribution in [0.5, 0.6) is 5.75 Å². The quantitative estimate of drug-likeness (QED) is 0.105. The number of aromatic nitrogens is 1. The second kappa shape index (κ2) is 14.9. The summed E-state index contributed by atoms with van der Waals surface area (Å²) in [6.07, 6.45) is 0.350. The van der Waals surface area contributed by atoms with E-state index >= 15 is 0 Å². The Morgan fingerprint density at radius 2 is 1.23 bits per heavy atom. The van der Waals surface area contributed by atoms with Crippen molar-refractivity contribution in [2.24, 2.45) is 5.16 Å². The van der Waals surface area contributed by atoms with Gasteiger partial charge in [0.05, 0.1) is 11.1 Å². The van der Waals surface area contributed by atoms with Gasteiger partial charge in [0.15, 0.2) is 18.5 Å². The summed E-state index contributed by atoms with van der Waals surface area (Å²) in [5.74, 6) is -1.18. The molecule has 6 aromatic rings. The summed E-state index contributed by atoms with van der Waals surface area (Å²) in [5, 5.41) is 15.4. The van der Waals surface area contributed by atoms with E-state index in [2.05, 4.69) is 5.16 Å². The molecule has 0 bridgehead atoms.